The molecular formula is C13H13BrFN3O. The summed E-state index contributed by atoms with van der Waals surface area (Å²) in [4.78, 5) is 13.7. The molecule has 2 aromatic rings. The van der Waals surface area contributed by atoms with Crippen molar-refractivity contribution in [3.63, 3.8) is 0 Å². The Morgan fingerprint density at radius 3 is 2.68 bits per heavy atom. The van der Waals surface area contributed by atoms with Crippen LogP contribution in [0.25, 0.3) is 0 Å². The van der Waals surface area contributed by atoms with E-state index >= 15 is 0 Å². The standard InChI is InChI=1S/C13H13BrFN3O/c1-17(2)11-6-13(19)18(16-7-11)8-9-3-4-10(15)5-12(9)14/h3-7H,8H2,1-2H3. The summed E-state index contributed by atoms with van der Waals surface area (Å²) in [5.74, 6) is -0.320. The quantitative estimate of drug-likeness (QED) is 0.868. The summed E-state index contributed by atoms with van der Waals surface area (Å²) in [6, 6.07) is 5.88. The minimum atomic E-state index is -0.320. The lowest BCUT2D eigenvalue weighted by Gasteiger charge is -2.12. The third kappa shape index (κ3) is 3.20. The van der Waals surface area contributed by atoms with Gasteiger partial charge in [0.2, 0.25) is 0 Å². The SMILES string of the molecule is CN(C)c1cnn(Cc2ccc(F)cc2Br)c(=O)c1. The van der Waals surface area contributed by atoms with Gasteiger partial charge >= 0.3 is 0 Å². The first-order valence-corrected chi connectivity index (χ1v) is 6.45. The van der Waals surface area contributed by atoms with Crippen LogP contribution in [0.5, 0.6) is 0 Å². The van der Waals surface area contributed by atoms with E-state index < -0.39 is 0 Å². The third-order valence-electron chi connectivity index (χ3n) is 2.71. The monoisotopic (exact) mass is 325 g/mol. The predicted molar refractivity (Wildman–Crippen MR) is 76.0 cm³/mol. The number of benzene rings is 1. The van der Waals surface area contributed by atoms with E-state index in [1.807, 2.05) is 19.0 Å². The number of nitrogens with zero attached hydrogens (tertiary/aromatic N) is 3. The molecule has 4 nitrogen and oxygen atoms in total. The van der Waals surface area contributed by atoms with Gasteiger partial charge in [0, 0.05) is 24.6 Å². The van der Waals surface area contributed by atoms with Crippen LogP contribution >= 0.6 is 15.9 Å². The molecule has 0 bridgehead atoms. The van der Waals surface area contributed by atoms with Gasteiger partial charge in [-0.25, -0.2) is 9.07 Å². The molecule has 0 aliphatic carbocycles. The highest BCUT2D eigenvalue weighted by Crippen LogP contribution is 2.18. The highest BCUT2D eigenvalue weighted by Gasteiger charge is 2.06. The molecular weight excluding hydrogens is 313 g/mol. The molecule has 6 heteroatoms. The van der Waals surface area contributed by atoms with Gasteiger partial charge in [0.05, 0.1) is 18.4 Å². The molecule has 1 aromatic carbocycles. The van der Waals surface area contributed by atoms with Gasteiger partial charge in [-0.05, 0) is 17.7 Å². The second-order valence-corrected chi connectivity index (χ2v) is 5.19. The van der Waals surface area contributed by atoms with Crippen LogP contribution in [0, 0.1) is 5.82 Å². The summed E-state index contributed by atoms with van der Waals surface area (Å²) in [6.45, 7) is 0.299. The van der Waals surface area contributed by atoms with Crippen LogP contribution in [0.3, 0.4) is 0 Å². The number of hydrogen-bond acceptors (Lipinski definition) is 3. The van der Waals surface area contributed by atoms with Crippen molar-refractivity contribution < 1.29 is 4.39 Å². The zero-order chi connectivity index (χ0) is 14.0. The van der Waals surface area contributed by atoms with Crippen molar-refractivity contribution in [3.8, 4) is 0 Å². The van der Waals surface area contributed by atoms with Crippen molar-refractivity contribution in [1.82, 2.24) is 9.78 Å². The summed E-state index contributed by atoms with van der Waals surface area (Å²) in [5.41, 5.74) is 1.36. The average molecular weight is 326 g/mol. The minimum absolute atomic E-state index is 0.192. The molecule has 0 amide bonds. The smallest absolute Gasteiger partial charge is 0.269 e. The molecule has 0 atom stereocenters. The largest absolute Gasteiger partial charge is 0.376 e. The van der Waals surface area contributed by atoms with E-state index in [4.69, 9.17) is 0 Å². The van der Waals surface area contributed by atoms with Crippen molar-refractivity contribution in [3.05, 3.63) is 56.7 Å². The molecule has 100 valence electrons. The molecule has 0 fully saturated rings. The van der Waals surface area contributed by atoms with E-state index in [1.165, 1.54) is 22.9 Å². The number of anilines is 1. The van der Waals surface area contributed by atoms with Crippen LogP contribution in [0.15, 0.2) is 39.7 Å². The Morgan fingerprint density at radius 2 is 2.11 bits per heavy atom. The molecule has 0 aliphatic heterocycles. The lowest BCUT2D eigenvalue weighted by atomic mass is 10.2. The first kappa shape index (κ1) is 13.7. The highest BCUT2D eigenvalue weighted by molar-refractivity contribution is 9.10. The maximum absolute atomic E-state index is 13.0. The van der Waals surface area contributed by atoms with Gasteiger partial charge in [0.15, 0.2) is 0 Å². The van der Waals surface area contributed by atoms with Gasteiger partial charge in [0.1, 0.15) is 5.82 Å². The molecule has 0 N–H and O–H groups in total. The van der Waals surface area contributed by atoms with E-state index in [1.54, 1.807) is 12.3 Å². The van der Waals surface area contributed by atoms with Gasteiger partial charge in [-0.2, -0.15) is 5.10 Å². The fourth-order valence-corrected chi connectivity index (χ4v) is 2.07. The lowest BCUT2D eigenvalue weighted by molar-refractivity contribution is 0.616. The maximum Gasteiger partial charge on any atom is 0.269 e. The number of rotatable bonds is 3. The van der Waals surface area contributed by atoms with Crippen LogP contribution in [0.1, 0.15) is 5.56 Å². The van der Waals surface area contributed by atoms with Crippen LogP contribution in [0.4, 0.5) is 10.1 Å². The molecule has 0 unspecified atom stereocenters. The lowest BCUT2D eigenvalue weighted by Crippen LogP contribution is -2.24. The molecule has 0 aliphatic rings. The van der Waals surface area contributed by atoms with Crippen LogP contribution < -0.4 is 10.5 Å². The summed E-state index contributed by atoms with van der Waals surface area (Å²) in [6.07, 6.45) is 1.62. The maximum atomic E-state index is 13.0. The second kappa shape index (κ2) is 5.52. The van der Waals surface area contributed by atoms with E-state index in [-0.39, 0.29) is 11.4 Å². The topological polar surface area (TPSA) is 38.1 Å². The Balaban J connectivity index is 2.31. The number of aromatic nitrogens is 2. The molecule has 2 rings (SSSR count). The first-order chi connectivity index (χ1) is 8.97. The van der Waals surface area contributed by atoms with Gasteiger partial charge < -0.3 is 4.90 Å². The number of halogens is 2. The summed E-state index contributed by atoms with van der Waals surface area (Å²) in [7, 11) is 3.69. The fraction of sp³-hybridized carbons (Fsp3) is 0.231. The van der Waals surface area contributed by atoms with Gasteiger partial charge in [-0.15, -0.1) is 0 Å². The summed E-state index contributed by atoms with van der Waals surface area (Å²) in [5, 5.41) is 4.11. The minimum Gasteiger partial charge on any atom is -0.376 e. The Morgan fingerprint density at radius 1 is 1.37 bits per heavy atom. The van der Waals surface area contributed by atoms with Crippen molar-refractivity contribution in [2.24, 2.45) is 0 Å². The highest BCUT2D eigenvalue weighted by atomic mass is 79.9. The molecule has 0 saturated carbocycles. The van der Waals surface area contributed by atoms with Crippen LogP contribution in [-0.2, 0) is 6.54 Å². The van der Waals surface area contributed by atoms with Gasteiger partial charge in [-0.3, -0.25) is 4.79 Å². The Bertz CT molecular complexity index is 655. The molecule has 0 saturated heterocycles. The van der Waals surface area contributed by atoms with Crippen molar-refractivity contribution in [2.75, 3.05) is 19.0 Å². The summed E-state index contributed by atoms with van der Waals surface area (Å²) >= 11 is 3.28. The van der Waals surface area contributed by atoms with Crippen LogP contribution in [0.2, 0.25) is 0 Å². The Kier molecular flexibility index (Phi) is 3.99. The van der Waals surface area contributed by atoms with E-state index in [0.717, 1.165) is 11.3 Å². The van der Waals surface area contributed by atoms with Gasteiger partial charge in [0.25, 0.3) is 5.56 Å². The third-order valence-corrected chi connectivity index (χ3v) is 3.44. The first-order valence-electron chi connectivity index (χ1n) is 5.66. The van der Waals surface area contributed by atoms with Gasteiger partial charge in [-0.1, -0.05) is 22.0 Å². The van der Waals surface area contributed by atoms with E-state index in [2.05, 4.69) is 21.0 Å². The number of hydrogen-bond donors (Lipinski definition) is 0. The van der Waals surface area contributed by atoms with Crippen molar-refractivity contribution in [1.29, 1.82) is 0 Å². The normalized spacial score (nSPS) is 10.5. The summed E-state index contributed by atoms with van der Waals surface area (Å²) < 4.78 is 14.9. The molecule has 1 heterocycles. The van der Waals surface area contributed by atoms with Crippen molar-refractivity contribution >= 4 is 21.6 Å². The molecule has 1 aromatic heterocycles. The zero-order valence-electron chi connectivity index (χ0n) is 10.6. The molecule has 19 heavy (non-hydrogen) atoms. The predicted octanol–water partition coefficient (Wildman–Crippen LogP) is 2.26. The molecule has 0 radical (unpaired) electrons. The Hall–Kier alpha value is -1.69. The Labute approximate surface area is 118 Å². The van der Waals surface area contributed by atoms with E-state index in [0.29, 0.717) is 11.0 Å². The van der Waals surface area contributed by atoms with Crippen molar-refractivity contribution in [2.45, 2.75) is 6.54 Å². The van der Waals surface area contributed by atoms with E-state index in [9.17, 15) is 9.18 Å². The molecule has 0 spiro atoms. The fourth-order valence-electron chi connectivity index (χ4n) is 1.60. The van der Waals surface area contributed by atoms with Crippen LogP contribution in [-0.4, -0.2) is 23.9 Å². The average Bonchev–Trinajstić information content (AvgIpc) is 2.34. The second-order valence-electron chi connectivity index (χ2n) is 4.34. The zero-order valence-corrected chi connectivity index (χ0v) is 12.2.